The highest BCUT2D eigenvalue weighted by molar-refractivity contribution is 7.92. The standard InChI is InChI=1S/C21H26N2O5S/c1-5-28-21(25)16-7-9-17(10-8-16)23-29(26,27)18-11-6-15(4)19(12-18)20(24)22-13-14(2)3/h6-12,14,23H,5,13H2,1-4H3,(H,22,24). The predicted molar refractivity (Wildman–Crippen MR) is 112 cm³/mol. The van der Waals surface area contributed by atoms with Crippen LogP contribution in [-0.2, 0) is 14.8 Å². The zero-order valence-electron chi connectivity index (χ0n) is 17.0. The second kappa shape index (κ2) is 9.56. The number of amides is 1. The number of rotatable bonds is 8. The number of aryl methyl sites for hydroxylation is 1. The molecule has 2 aromatic rings. The molecule has 0 saturated carbocycles. The lowest BCUT2D eigenvalue weighted by molar-refractivity contribution is 0.0526. The Morgan fingerprint density at radius 3 is 2.31 bits per heavy atom. The van der Waals surface area contributed by atoms with Gasteiger partial charge in [-0.15, -0.1) is 0 Å². The number of carbonyl (C=O) groups is 2. The molecular weight excluding hydrogens is 392 g/mol. The summed E-state index contributed by atoms with van der Waals surface area (Å²) in [5, 5.41) is 2.80. The van der Waals surface area contributed by atoms with Crippen molar-refractivity contribution in [2.75, 3.05) is 17.9 Å². The summed E-state index contributed by atoms with van der Waals surface area (Å²) in [5.41, 5.74) is 1.62. The Labute approximate surface area is 171 Å². The summed E-state index contributed by atoms with van der Waals surface area (Å²) in [7, 11) is -3.91. The maximum Gasteiger partial charge on any atom is 0.338 e. The third-order valence-electron chi connectivity index (χ3n) is 4.08. The molecule has 0 aliphatic heterocycles. The minimum atomic E-state index is -3.91. The van der Waals surface area contributed by atoms with Gasteiger partial charge < -0.3 is 10.1 Å². The summed E-state index contributed by atoms with van der Waals surface area (Å²) in [6, 6.07) is 10.3. The topological polar surface area (TPSA) is 102 Å². The van der Waals surface area contributed by atoms with Gasteiger partial charge in [-0.25, -0.2) is 13.2 Å². The number of carbonyl (C=O) groups excluding carboxylic acids is 2. The van der Waals surface area contributed by atoms with Crippen molar-refractivity contribution in [2.45, 2.75) is 32.6 Å². The Kier molecular flexibility index (Phi) is 7.39. The van der Waals surface area contributed by atoms with Crippen LogP contribution in [0.5, 0.6) is 0 Å². The highest BCUT2D eigenvalue weighted by Gasteiger charge is 2.19. The Morgan fingerprint density at radius 1 is 1.07 bits per heavy atom. The SMILES string of the molecule is CCOC(=O)c1ccc(NS(=O)(=O)c2ccc(C)c(C(=O)NCC(C)C)c2)cc1. The molecule has 0 heterocycles. The van der Waals surface area contributed by atoms with Crippen LogP contribution in [0.1, 0.15) is 47.1 Å². The van der Waals surface area contributed by atoms with Gasteiger partial charge in [-0.3, -0.25) is 9.52 Å². The van der Waals surface area contributed by atoms with E-state index in [2.05, 4.69) is 10.0 Å². The molecule has 0 atom stereocenters. The van der Waals surface area contributed by atoms with Crippen molar-refractivity contribution in [2.24, 2.45) is 5.92 Å². The minimum absolute atomic E-state index is 0.0210. The monoisotopic (exact) mass is 418 g/mol. The number of esters is 1. The fourth-order valence-electron chi connectivity index (χ4n) is 2.51. The van der Waals surface area contributed by atoms with E-state index >= 15 is 0 Å². The van der Waals surface area contributed by atoms with Crippen molar-refractivity contribution < 1.29 is 22.7 Å². The quantitative estimate of drug-likeness (QED) is 0.640. The Balaban J connectivity index is 2.21. The maximum atomic E-state index is 12.7. The average molecular weight is 419 g/mol. The molecule has 0 fully saturated rings. The molecule has 2 N–H and O–H groups in total. The maximum absolute atomic E-state index is 12.7. The van der Waals surface area contributed by atoms with Gasteiger partial charge in [0.15, 0.2) is 0 Å². The van der Waals surface area contributed by atoms with Crippen LogP contribution >= 0.6 is 0 Å². The van der Waals surface area contributed by atoms with Crippen molar-refractivity contribution in [1.29, 1.82) is 0 Å². The smallest absolute Gasteiger partial charge is 0.338 e. The van der Waals surface area contributed by atoms with E-state index in [1.807, 2.05) is 13.8 Å². The molecule has 7 nitrogen and oxygen atoms in total. The molecule has 29 heavy (non-hydrogen) atoms. The first-order chi connectivity index (χ1) is 13.6. The van der Waals surface area contributed by atoms with Crippen molar-refractivity contribution >= 4 is 27.6 Å². The van der Waals surface area contributed by atoms with Gasteiger partial charge in [-0.1, -0.05) is 19.9 Å². The van der Waals surface area contributed by atoms with Gasteiger partial charge in [0.25, 0.3) is 15.9 Å². The summed E-state index contributed by atoms with van der Waals surface area (Å²) >= 11 is 0. The third-order valence-corrected chi connectivity index (χ3v) is 5.46. The summed E-state index contributed by atoms with van der Waals surface area (Å²) < 4.78 is 32.8. The molecule has 2 rings (SSSR count). The van der Waals surface area contributed by atoms with Crippen LogP contribution < -0.4 is 10.0 Å². The molecule has 0 radical (unpaired) electrons. The fraction of sp³-hybridized carbons (Fsp3) is 0.333. The lowest BCUT2D eigenvalue weighted by Gasteiger charge is -2.13. The molecule has 2 aromatic carbocycles. The molecular formula is C21H26N2O5S. The second-order valence-corrected chi connectivity index (χ2v) is 8.67. The molecule has 0 spiro atoms. The van der Waals surface area contributed by atoms with Gasteiger partial charge in [0.05, 0.1) is 17.1 Å². The predicted octanol–water partition coefficient (Wildman–Crippen LogP) is 3.36. The fourth-order valence-corrected chi connectivity index (χ4v) is 3.59. The number of ether oxygens (including phenoxy) is 1. The zero-order valence-corrected chi connectivity index (χ0v) is 17.8. The third kappa shape index (κ3) is 6.05. The van der Waals surface area contributed by atoms with Crippen molar-refractivity contribution in [3.63, 3.8) is 0 Å². The van der Waals surface area contributed by atoms with E-state index < -0.39 is 16.0 Å². The van der Waals surface area contributed by atoms with Gasteiger partial charge in [0, 0.05) is 17.8 Å². The van der Waals surface area contributed by atoms with E-state index in [0.717, 1.165) is 0 Å². The molecule has 0 aliphatic carbocycles. The summed E-state index contributed by atoms with van der Waals surface area (Å²) in [6.45, 7) is 8.17. The van der Waals surface area contributed by atoms with E-state index in [0.29, 0.717) is 28.9 Å². The number of nitrogens with one attached hydrogen (secondary N) is 2. The van der Waals surface area contributed by atoms with Crippen molar-refractivity contribution in [3.8, 4) is 0 Å². The van der Waals surface area contributed by atoms with E-state index in [9.17, 15) is 18.0 Å². The number of sulfonamides is 1. The first-order valence-electron chi connectivity index (χ1n) is 9.33. The number of hydrogen-bond acceptors (Lipinski definition) is 5. The number of hydrogen-bond donors (Lipinski definition) is 2. The Morgan fingerprint density at radius 2 is 1.72 bits per heavy atom. The second-order valence-electron chi connectivity index (χ2n) is 6.98. The molecule has 1 amide bonds. The number of benzene rings is 2. The summed E-state index contributed by atoms with van der Waals surface area (Å²) in [4.78, 5) is 24.1. The van der Waals surface area contributed by atoms with Gasteiger partial charge >= 0.3 is 5.97 Å². The Hall–Kier alpha value is -2.87. The molecule has 0 bridgehead atoms. The van der Waals surface area contributed by atoms with E-state index in [1.54, 1.807) is 19.9 Å². The highest BCUT2D eigenvalue weighted by atomic mass is 32.2. The van der Waals surface area contributed by atoms with E-state index in [-0.39, 0.29) is 23.3 Å². The normalized spacial score (nSPS) is 11.2. The molecule has 0 aliphatic rings. The summed E-state index contributed by atoms with van der Waals surface area (Å²) in [5.74, 6) is -0.505. The highest BCUT2D eigenvalue weighted by Crippen LogP contribution is 2.20. The average Bonchev–Trinajstić information content (AvgIpc) is 2.66. The minimum Gasteiger partial charge on any atom is -0.462 e. The first kappa shape index (κ1) is 22.4. The molecule has 0 aromatic heterocycles. The molecule has 156 valence electrons. The van der Waals surface area contributed by atoms with Crippen LogP contribution in [0.25, 0.3) is 0 Å². The van der Waals surface area contributed by atoms with E-state index in [1.165, 1.54) is 36.4 Å². The largest absolute Gasteiger partial charge is 0.462 e. The molecule has 0 saturated heterocycles. The van der Waals surface area contributed by atoms with Gasteiger partial charge in [-0.05, 0) is 61.7 Å². The lowest BCUT2D eigenvalue weighted by Crippen LogP contribution is -2.28. The van der Waals surface area contributed by atoms with Gasteiger partial charge in [-0.2, -0.15) is 0 Å². The zero-order chi connectivity index (χ0) is 21.6. The van der Waals surface area contributed by atoms with Crippen LogP contribution in [0.3, 0.4) is 0 Å². The van der Waals surface area contributed by atoms with Crippen LogP contribution in [-0.4, -0.2) is 33.4 Å². The lowest BCUT2D eigenvalue weighted by atomic mass is 10.1. The van der Waals surface area contributed by atoms with Crippen LogP contribution in [0.15, 0.2) is 47.4 Å². The van der Waals surface area contributed by atoms with Crippen LogP contribution in [0.2, 0.25) is 0 Å². The Bertz CT molecular complexity index is 983. The van der Waals surface area contributed by atoms with Crippen molar-refractivity contribution in [1.82, 2.24) is 5.32 Å². The van der Waals surface area contributed by atoms with Gasteiger partial charge in [0.2, 0.25) is 0 Å². The van der Waals surface area contributed by atoms with E-state index in [4.69, 9.17) is 4.74 Å². The van der Waals surface area contributed by atoms with Crippen LogP contribution in [0, 0.1) is 12.8 Å². The van der Waals surface area contributed by atoms with Crippen molar-refractivity contribution in [3.05, 3.63) is 59.2 Å². The first-order valence-corrected chi connectivity index (χ1v) is 10.8. The van der Waals surface area contributed by atoms with Crippen LogP contribution in [0.4, 0.5) is 5.69 Å². The number of anilines is 1. The van der Waals surface area contributed by atoms with Gasteiger partial charge in [0.1, 0.15) is 0 Å². The summed E-state index contributed by atoms with van der Waals surface area (Å²) in [6.07, 6.45) is 0. The molecule has 8 heteroatoms. The molecule has 0 unspecified atom stereocenters.